The summed E-state index contributed by atoms with van der Waals surface area (Å²) in [5.74, 6) is 1.34. The van der Waals surface area contributed by atoms with Crippen LogP contribution in [0.25, 0.3) is 10.9 Å². The molecule has 0 spiro atoms. The Hall–Kier alpha value is -2.77. The average molecular weight is 583 g/mol. The SMILES string of the molecule is Cc1cccc(COc2ccc(C=Nn3c(C(C)(C)C)nc4ccc(Br)cc4c3=O)cc2Br)c1. The van der Waals surface area contributed by atoms with Crippen molar-refractivity contribution < 1.29 is 4.74 Å². The fourth-order valence-electron chi connectivity index (χ4n) is 3.54. The maximum atomic E-state index is 13.3. The maximum absolute atomic E-state index is 13.3. The topological polar surface area (TPSA) is 56.5 Å². The summed E-state index contributed by atoms with van der Waals surface area (Å²) >= 11 is 7.03. The van der Waals surface area contributed by atoms with Gasteiger partial charge in [-0.15, -0.1) is 0 Å². The third-order valence-electron chi connectivity index (χ3n) is 5.23. The lowest BCUT2D eigenvalue weighted by molar-refractivity contribution is 0.304. The first-order valence-electron chi connectivity index (χ1n) is 10.9. The van der Waals surface area contributed by atoms with Crippen LogP contribution in [0.15, 0.2) is 79.5 Å². The van der Waals surface area contributed by atoms with E-state index in [1.165, 1.54) is 10.2 Å². The highest BCUT2D eigenvalue weighted by molar-refractivity contribution is 9.10. The molecule has 5 nitrogen and oxygen atoms in total. The molecule has 0 bridgehead atoms. The molecular weight excluding hydrogens is 558 g/mol. The lowest BCUT2D eigenvalue weighted by atomic mass is 9.95. The minimum atomic E-state index is -0.369. The van der Waals surface area contributed by atoms with Crippen LogP contribution < -0.4 is 10.3 Å². The molecule has 7 heteroatoms. The molecule has 4 aromatic rings. The minimum absolute atomic E-state index is 0.204. The third-order valence-corrected chi connectivity index (χ3v) is 6.35. The molecule has 3 aromatic carbocycles. The van der Waals surface area contributed by atoms with Crippen molar-refractivity contribution in [3.8, 4) is 5.75 Å². The highest BCUT2D eigenvalue weighted by Crippen LogP contribution is 2.27. The Morgan fingerprint density at radius 3 is 2.56 bits per heavy atom. The number of benzene rings is 3. The first-order chi connectivity index (χ1) is 16.1. The van der Waals surface area contributed by atoms with E-state index in [4.69, 9.17) is 9.72 Å². The Kier molecular flexibility index (Phi) is 7.05. The summed E-state index contributed by atoms with van der Waals surface area (Å²) in [4.78, 5) is 18.0. The number of fused-ring (bicyclic) bond motifs is 1. The summed E-state index contributed by atoms with van der Waals surface area (Å²) in [6.07, 6.45) is 1.66. The van der Waals surface area contributed by atoms with E-state index in [1.54, 1.807) is 12.3 Å². The monoisotopic (exact) mass is 581 g/mol. The van der Waals surface area contributed by atoms with Crippen molar-refractivity contribution in [1.29, 1.82) is 0 Å². The zero-order valence-corrected chi connectivity index (χ0v) is 22.6. The summed E-state index contributed by atoms with van der Waals surface area (Å²) in [7, 11) is 0. The second-order valence-corrected chi connectivity index (χ2v) is 10.9. The number of aromatic nitrogens is 2. The Balaban J connectivity index is 1.64. The molecule has 174 valence electrons. The van der Waals surface area contributed by atoms with Crippen LogP contribution in [-0.2, 0) is 12.0 Å². The van der Waals surface area contributed by atoms with E-state index in [0.29, 0.717) is 23.3 Å². The molecule has 1 heterocycles. The van der Waals surface area contributed by atoms with Gasteiger partial charge in [-0.25, -0.2) is 4.98 Å². The van der Waals surface area contributed by atoms with E-state index in [9.17, 15) is 4.79 Å². The van der Waals surface area contributed by atoms with Crippen molar-refractivity contribution in [3.05, 3.63) is 102 Å². The molecule has 1 aromatic heterocycles. The number of halogens is 2. The van der Waals surface area contributed by atoms with Crippen LogP contribution in [0.5, 0.6) is 5.75 Å². The third kappa shape index (κ3) is 5.47. The molecule has 0 amide bonds. The Labute approximate surface area is 215 Å². The Morgan fingerprint density at radius 1 is 1.06 bits per heavy atom. The van der Waals surface area contributed by atoms with Crippen LogP contribution in [0.4, 0.5) is 0 Å². The van der Waals surface area contributed by atoms with Gasteiger partial charge in [0.15, 0.2) is 0 Å². The first kappa shape index (κ1) is 24.4. The van der Waals surface area contributed by atoms with Crippen LogP contribution in [0, 0.1) is 6.92 Å². The molecule has 0 saturated heterocycles. The van der Waals surface area contributed by atoms with Crippen LogP contribution >= 0.6 is 31.9 Å². The van der Waals surface area contributed by atoms with Crippen LogP contribution in [0.1, 0.15) is 43.3 Å². The largest absolute Gasteiger partial charge is 0.488 e. The predicted molar refractivity (Wildman–Crippen MR) is 145 cm³/mol. The van der Waals surface area contributed by atoms with Gasteiger partial charge in [0.25, 0.3) is 5.56 Å². The quantitative estimate of drug-likeness (QED) is 0.238. The first-order valence-corrected chi connectivity index (χ1v) is 12.5. The summed E-state index contributed by atoms with van der Waals surface area (Å²) < 4.78 is 9.01. The molecule has 34 heavy (non-hydrogen) atoms. The fourth-order valence-corrected chi connectivity index (χ4v) is 4.42. The molecule has 0 atom stereocenters. The van der Waals surface area contributed by atoms with Crippen molar-refractivity contribution in [2.45, 2.75) is 39.7 Å². The van der Waals surface area contributed by atoms with Crippen LogP contribution in [0.2, 0.25) is 0 Å². The molecule has 0 N–H and O–H groups in total. The molecular formula is C27H25Br2N3O2. The van der Waals surface area contributed by atoms with E-state index in [2.05, 4.69) is 56.0 Å². The molecule has 4 rings (SSSR count). The van der Waals surface area contributed by atoms with E-state index in [1.807, 2.05) is 63.2 Å². The van der Waals surface area contributed by atoms with E-state index < -0.39 is 0 Å². The highest BCUT2D eigenvalue weighted by atomic mass is 79.9. The van der Waals surface area contributed by atoms with Gasteiger partial charge < -0.3 is 4.74 Å². The van der Waals surface area contributed by atoms with Gasteiger partial charge in [-0.05, 0) is 70.4 Å². The average Bonchev–Trinajstić information content (AvgIpc) is 2.77. The van der Waals surface area contributed by atoms with Crippen LogP contribution in [0.3, 0.4) is 0 Å². The molecule has 0 aliphatic rings. The number of hydrogen-bond acceptors (Lipinski definition) is 4. The van der Waals surface area contributed by atoms with Gasteiger partial charge in [-0.1, -0.05) is 66.5 Å². The molecule has 0 aliphatic heterocycles. The van der Waals surface area contributed by atoms with Gasteiger partial charge in [-0.2, -0.15) is 9.78 Å². The van der Waals surface area contributed by atoms with Gasteiger partial charge in [-0.3, -0.25) is 4.79 Å². The van der Waals surface area contributed by atoms with Crippen molar-refractivity contribution in [2.24, 2.45) is 5.10 Å². The van der Waals surface area contributed by atoms with Gasteiger partial charge in [0.2, 0.25) is 0 Å². The summed E-state index contributed by atoms with van der Waals surface area (Å²) in [5, 5.41) is 5.05. The van der Waals surface area contributed by atoms with Gasteiger partial charge in [0.05, 0.1) is 21.6 Å². The summed E-state index contributed by atoms with van der Waals surface area (Å²) in [5.41, 5.74) is 3.23. The fraction of sp³-hybridized carbons (Fsp3) is 0.222. The zero-order chi connectivity index (χ0) is 24.5. The molecule has 0 saturated carbocycles. The molecule has 0 radical (unpaired) electrons. The number of aryl methyl sites for hydroxylation is 1. The minimum Gasteiger partial charge on any atom is -0.488 e. The Morgan fingerprint density at radius 2 is 1.85 bits per heavy atom. The lowest BCUT2D eigenvalue weighted by Gasteiger charge is -2.20. The predicted octanol–water partition coefficient (Wildman–Crippen LogP) is 6.99. The molecule has 0 unspecified atom stereocenters. The van der Waals surface area contributed by atoms with E-state index >= 15 is 0 Å². The van der Waals surface area contributed by atoms with Crippen molar-refractivity contribution in [2.75, 3.05) is 0 Å². The van der Waals surface area contributed by atoms with Crippen molar-refractivity contribution in [3.63, 3.8) is 0 Å². The summed E-state index contributed by atoms with van der Waals surface area (Å²) in [6, 6.07) is 19.5. The maximum Gasteiger partial charge on any atom is 0.282 e. The van der Waals surface area contributed by atoms with Gasteiger partial charge in [0, 0.05) is 9.89 Å². The van der Waals surface area contributed by atoms with Crippen molar-refractivity contribution in [1.82, 2.24) is 9.66 Å². The second kappa shape index (κ2) is 9.84. The van der Waals surface area contributed by atoms with Crippen molar-refractivity contribution >= 4 is 49.0 Å². The number of hydrogen-bond donors (Lipinski definition) is 0. The number of ether oxygens (including phenoxy) is 1. The molecule has 0 aliphatic carbocycles. The van der Waals surface area contributed by atoms with Crippen LogP contribution in [-0.4, -0.2) is 15.9 Å². The van der Waals surface area contributed by atoms with E-state index in [0.717, 1.165) is 25.8 Å². The molecule has 0 fully saturated rings. The van der Waals surface area contributed by atoms with E-state index in [-0.39, 0.29) is 11.0 Å². The number of nitrogens with zero attached hydrogens (tertiary/aromatic N) is 3. The van der Waals surface area contributed by atoms with Gasteiger partial charge >= 0.3 is 0 Å². The Bertz CT molecular complexity index is 1450. The van der Waals surface area contributed by atoms with Gasteiger partial charge in [0.1, 0.15) is 18.2 Å². The summed E-state index contributed by atoms with van der Waals surface area (Å²) in [6.45, 7) is 8.59. The smallest absolute Gasteiger partial charge is 0.282 e. The lowest BCUT2D eigenvalue weighted by Crippen LogP contribution is -2.29. The normalized spacial score (nSPS) is 11.9. The number of rotatable bonds is 5. The standard InChI is InChI=1S/C27H25Br2N3O2/c1-17-6-5-7-19(12-17)16-34-24-11-8-18(13-22(24)29)15-30-32-25(33)21-14-20(28)9-10-23(21)31-26(32)27(2,3)4/h5-15H,16H2,1-4H3. The zero-order valence-electron chi connectivity index (χ0n) is 19.5. The highest BCUT2D eigenvalue weighted by Gasteiger charge is 2.22. The second-order valence-electron chi connectivity index (χ2n) is 9.18.